The van der Waals surface area contributed by atoms with Gasteiger partial charge in [0.05, 0.1) is 11.9 Å². The van der Waals surface area contributed by atoms with Gasteiger partial charge in [0.25, 0.3) is 0 Å². The normalized spacial score (nSPS) is 17.9. The van der Waals surface area contributed by atoms with Gasteiger partial charge in [0.1, 0.15) is 11.6 Å². The molecule has 0 aliphatic carbocycles. The predicted octanol–water partition coefficient (Wildman–Crippen LogP) is 4.96. The van der Waals surface area contributed by atoms with Gasteiger partial charge < -0.3 is 15.5 Å². The Morgan fingerprint density at radius 1 is 0.974 bits per heavy atom. The smallest absolute Gasteiger partial charge is 0.165 e. The van der Waals surface area contributed by atoms with Gasteiger partial charge in [0.15, 0.2) is 5.65 Å². The molecule has 2 aromatic heterocycles. The van der Waals surface area contributed by atoms with E-state index < -0.39 is 0 Å². The summed E-state index contributed by atoms with van der Waals surface area (Å²) in [5.74, 6) is 0.146. The van der Waals surface area contributed by atoms with Crippen molar-refractivity contribution in [2.75, 3.05) is 56.9 Å². The number of likely N-dealkylation sites (tertiary alicyclic amines) is 1. The van der Waals surface area contributed by atoms with E-state index in [9.17, 15) is 0 Å². The fourth-order valence-corrected chi connectivity index (χ4v) is 6.13. The van der Waals surface area contributed by atoms with Crippen LogP contribution < -0.4 is 10.6 Å². The van der Waals surface area contributed by atoms with Crippen LogP contribution in [-0.4, -0.2) is 76.8 Å². The molecule has 4 heterocycles. The number of fused-ring (bicyclic) bond motifs is 1. The minimum atomic E-state index is -0.300. The third-order valence-corrected chi connectivity index (χ3v) is 8.34. The lowest BCUT2D eigenvalue weighted by Crippen LogP contribution is -2.53. The first kappa shape index (κ1) is 25.1. The minimum absolute atomic E-state index is 0.300. The molecule has 2 aromatic carbocycles. The summed E-state index contributed by atoms with van der Waals surface area (Å²) >= 11 is 6.22. The highest BCUT2D eigenvalue weighted by Crippen LogP contribution is 2.35. The summed E-state index contributed by atoms with van der Waals surface area (Å²) in [6, 6.07) is 13.5. The third kappa shape index (κ3) is 4.61. The van der Waals surface area contributed by atoms with Crippen molar-refractivity contribution in [1.29, 1.82) is 0 Å². The largest absolute Gasteiger partial charge is 0.383 e. The lowest BCUT2D eigenvalue weighted by atomic mass is 10.0. The summed E-state index contributed by atoms with van der Waals surface area (Å²) < 4.78 is 16.8. The van der Waals surface area contributed by atoms with Crippen molar-refractivity contribution in [2.45, 2.75) is 25.8 Å². The summed E-state index contributed by atoms with van der Waals surface area (Å²) in [6.07, 6.45) is 4.13. The molecule has 198 valence electrons. The van der Waals surface area contributed by atoms with Crippen molar-refractivity contribution in [3.05, 3.63) is 65.2 Å². The number of anilines is 2. The Bertz CT molecular complexity index is 1470. The maximum atomic E-state index is 15.2. The molecular weight excluding hydrogens is 501 g/mol. The van der Waals surface area contributed by atoms with Gasteiger partial charge in [-0.05, 0) is 75.8 Å². The number of halogens is 2. The SMILES string of the molecule is Cc1nc2c(-c3cc(N4CCN(C5CCN(C)CC5)CC4)ccc3F)cnn2c(N)c1-c1cccc(Cl)c1. The number of rotatable bonds is 4. The molecule has 2 fully saturated rings. The summed E-state index contributed by atoms with van der Waals surface area (Å²) in [4.78, 5) is 12.2. The first-order valence-corrected chi connectivity index (χ1v) is 13.6. The van der Waals surface area contributed by atoms with E-state index in [1.165, 1.54) is 25.9 Å². The van der Waals surface area contributed by atoms with E-state index >= 15 is 4.39 Å². The predicted molar refractivity (Wildman–Crippen MR) is 152 cm³/mol. The number of nitrogens with two attached hydrogens (primary N) is 1. The Hall–Kier alpha value is -3.20. The number of aromatic nitrogens is 3. The molecule has 7 nitrogen and oxygen atoms in total. The Balaban J connectivity index is 1.28. The fraction of sp³-hybridized carbons (Fsp3) is 0.379. The van der Waals surface area contributed by atoms with E-state index in [1.807, 2.05) is 43.3 Å². The molecule has 6 rings (SSSR count). The molecule has 2 aliphatic rings. The molecule has 0 amide bonds. The van der Waals surface area contributed by atoms with Crippen LogP contribution in [0.4, 0.5) is 15.9 Å². The van der Waals surface area contributed by atoms with Gasteiger partial charge in [0.2, 0.25) is 0 Å². The molecule has 2 N–H and O–H groups in total. The average Bonchev–Trinajstić information content (AvgIpc) is 3.33. The molecule has 0 unspecified atom stereocenters. The second kappa shape index (κ2) is 10.2. The molecule has 0 spiro atoms. The van der Waals surface area contributed by atoms with Gasteiger partial charge in [-0.2, -0.15) is 9.61 Å². The van der Waals surface area contributed by atoms with Gasteiger partial charge >= 0.3 is 0 Å². The van der Waals surface area contributed by atoms with E-state index in [0.29, 0.717) is 33.7 Å². The number of aryl methyl sites for hydroxylation is 1. The van der Waals surface area contributed by atoms with E-state index in [-0.39, 0.29) is 5.82 Å². The quantitative estimate of drug-likeness (QED) is 0.400. The van der Waals surface area contributed by atoms with Crippen molar-refractivity contribution in [3.63, 3.8) is 0 Å². The van der Waals surface area contributed by atoms with Gasteiger partial charge in [-0.15, -0.1) is 0 Å². The topological polar surface area (TPSA) is 65.9 Å². The number of hydrogen-bond acceptors (Lipinski definition) is 6. The van der Waals surface area contributed by atoms with Crippen molar-refractivity contribution < 1.29 is 4.39 Å². The summed E-state index contributed by atoms with van der Waals surface area (Å²) in [6.45, 7) is 8.16. The molecule has 2 saturated heterocycles. The van der Waals surface area contributed by atoms with Gasteiger partial charge in [-0.25, -0.2) is 9.37 Å². The Labute approximate surface area is 227 Å². The standard InChI is InChI=1S/C29H33ClFN7/c1-19-27(20-4-3-5-21(30)16-20)28(32)38-29(34-19)25(18-33-38)24-17-23(6-7-26(24)31)37-14-12-36(13-15-37)22-8-10-35(2)11-9-22/h3-7,16-18,22H,8-15,32H2,1-2H3. The fourth-order valence-electron chi connectivity index (χ4n) is 5.94. The van der Waals surface area contributed by atoms with Crippen molar-refractivity contribution in [3.8, 4) is 22.3 Å². The number of piperazine rings is 1. The lowest BCUT2D eigenvalue weighted by Gasteiger charge is -2.43. The Morgan fingerprint density at radius 2 is 1.74 bits per heavy atom. The van der Waals surface area contributed by atoms with Crippen molar-refractivity contribution in [1.82, 2.24) is 24.4 Å². The highest BCUT2D eigenvalue weighted by Gasteiger charge is 2.27. The average molecular weight is 534 g/mol. The van der Waals surface area contributed by atoms with Crippen LogP contribution in [0.3, 0.4) is 0 Å². The molecule has 9 heteroatoms. The molecule has 0 atom stereocenters. The van der Waals surface area contributed by atoms with Gasteiger partial charge in [0, 0.05) is 59.6 Å². The third-order valence-electron chi connectivity index (χ3n) is 8.10. The van der Waals surface area contributed by atoms with Crippen LogP contribution in [0.15, 0.2) is 48.7 Å². The molecule has 0 bridgehead atoms. The number of nitrogens with zero attached hydrogens (tertiary/aromatic N) is 6. The number of piperidine rings is 1. The zero-order chi connectivity index (χ0) is 26.4. The maximum absolute atomic E-state index is 15.2. The van der Waals surface area contributed by atoms with Gasteiger partial charge in [-0.1, -0.05) is 23.7 Å². The van der Waals surface area contributed by atoms with Crippen LogP contribution in [0.1, 0.15) is 18.5 Å². The monoisotopic (exact) mass is 533 g/mol. The van der Waals surface area contributed by atoms with Crippen molar-refractivity contribution in [2.24, 2.45) is 0 Å². The van der Waals surface area contributed by atoms with Crippen molar-refractivity contribution >= 4 is 28.8 Å². The highest BCUT2D eigenvalue weighted by molar-refractivity contribution is 6.30. The first-order valence-electron chi connectivity index (χ1n) is 13.3. The number of hydrogen-bond donors (Lipinski definition) is 1. The van der Waals surface area contributed by atoms with E-state index in [0.717, 1.165) is 48.7 Å². The summed E-state index contributed by atoms with van der Waals surface area (Å²) in [5, 5.41) is 5.12. The van der Waals surface area contributed by atoms with E-state index in [2.05, 4.69) is 26.8 Å². The zero-order valence-corrected chi connectivity index (χ0v) is 22.6. The molecule has 0 saturated carbocycles. The summed E-state index contributed by atoms with van der Waals surface area (Å²) in [7, 11) is 2.20. The highest BCUT2D eigenvalue weighted by atomic mass is 35.5. The van der Waals surface area contributed by atoms with Crippen LogP contribution in [-0.2, 0) is 0 Å². The minimum Gasteiger partial charge on any atom is -0.383 e. The second-order valence-corrected chi connectivity index (χ2v) is 10.9. The van der Waals surface area contributed by atoms with Crippen LogP contribution in [0.2, 0.25) is 5.02 Å². The molecule has 0 radical (unpaired) electrons. The molecule has 2 aliphatic heterocycles. The molecule has 38 heavy (non-hydrogen) atoms. The van der Waals surface area contributed by atoms with E-state index in [1.54, 1.807) is 16.8 Å². The van der Waals surface area contributed by atoms with E-state index in [4.69, 9.17) is 22.3 Å². The zero-order valence-electron chi connectivity index (χ0n) is 21.9. The van der Waals surface area contributed by atoms with Crippen LogP contribution in [0.5, 0.6) is 0 Å². The first-order chi connectivity index (χ1) is 18.4. The van der Waals surface area contributed by atoms with Gasteiger partial charge in [-0.3, -0.25) is 4.90 Å². The number of nitrogen functional groups attached to an aromatic ring is 1. The second-order valence-electron chi connectivity index (χ2n) is 10.5. The van der Waals surface area contributed by atoms with Crippen LogP contribution in [0.25, 0.3) is 27.9 Å². The number of benzene rings is 2. The summed E-state index contributed by atoms with van der Waals surface area (Å²) in [5.41, 5.74) is 11.6. The molecular formula is C29H33ClFN7. The lowest BCUT2D eigenvalue weighted by molar-refractivity contribution is 0.115. The Morgan fingerprint density at radius 3 is 2.47 bits per heavy atom. The Kier molecular flexibility index (Phi) is 6.72. The van der Waals surface area contributed by atoms with Crippen LogP contribution in [0, 0.1) is 12.7 Å². The molecule has 4 aromatic rings. The maximum Gasteiger partial charge on any atom is 0.165 e. The van der Waals surface area contributed by atoms with Crippen LogP contribution >= 0.6 is 11.6 Å².